The summed E-state index contributed by atoms with van der Waals surface area (Å²) in [5.41, 5.74) is 2.94. The van der Waals surface area contributed by atoms with Crippen LogP contribution in [0.4, 0.5) is 4.79 Å². The molecule has 0 saturated carbocycles. The molecule has 1 fully saturated rings. The molecule has 5 aromatic rings. The van der Waals surface area contributed by atoms with Gasteiger partial charge in [-0.25, -0.2) is 4.79 Å². The van der Waals surface area contributed by atoms with Gasteiger partial charge >= 0.3 is 6.09 Å². The number of unbranched alkanes of at least 4 members (excludes halogenated alkanes) is 11. The predicted molar refractivity (Wildman–Crippen MR) is 280 cm³/mol. The molecule has 1 aliphatic rings. The van der Waals surface area contributed by atoms with E-state index in [9.17, 15) is 19.1 Å². The van der Waals surface area contributed by atoms with E-state index in [-0.39, 0.29) is 19.6 Å². The van der Waals surface area contributed by atoms with Crippen molar-refractivity contribution in [1.29, 1.82) is 0 Å². The standard InChI is InChI=1S/C61H79NO9/c1-2-3-4-5-6-7-8-9-10-11-12-28-39-54(63)57(64)53(62-61(65)70-46-52-37-26-17-27-38-52)40-41-55-58(67-43-49-31-20-14-21-32-49)60(69-45-51-35-24-16-25-36-51)59(68-44-50-33-22-15-23-34-50)56(71-55)47-66-42-48-29-18-13-19-30-48/h13-27,29-38,40-41,53-60,63-64H,2-12,28,39,42-47H2,1H3,(H,62,65)/t53?,54?,55?,56-,57?,58+,59+,60-/m1/s1/i42D,43D,44D,45D/t42?,43?,44?,45?,53?,54?,55?,56-,57?,58+,59+,60-. The molecule has 1 saturated heterocycles. The molecule has 10 nitrogen and oxygen atoms in total. The van der Waals surface area contributed by atoms with Crippen LogP contribution in [-0.2, 0) is 61.4 Å². The number of amides is 1. The summed E-state index contributed by atoms with van der Waals surface area (Å²) in [6, 6.07) is 43.9. The molecule has 0 aliphatic carbocycles. The highest BCUT2D eigenvalue weighted by Gasteiger charge is 2.48. The van der Waals surface area contributed by atoms with Crippen molar-refractivity contribution < 1.29 is 48.9 Å². The monoisotopic (exact) mass is 974 g/mol. The van der Waals surface area contributed by atoms with Crippen molar-refractivity contribution in [3.63, 3.8) is 0 Å². The fourth-order valence-corrected chi connectivity index (χ4v) is 8.52. The predicted octanol–water partition coefficient (Wildman–Crippen LogP) is 12.4. The van der Waals surface area contributed by atoms with Crippen LogP contribution in [0.5, 0.6) is 0 Å². The Kier molecular flexibility index (Phi) is 22.8. The van der Waals surface area contributed by atoms with Crippen LogP contribution in [0.25, 0.3) is 0 Å². The normalized spacial score (nSPS) is 21.9. The van der Waals surface area contributed by atoms with Gasteiger partial charge in [0.1, 0.15) is 43.2 Å². The summed E-state index contributed by atoms with van der Waals surface area (Å²) < 4.78 is 75.7. The van der Waals surface area contributed by atoms with Crippen molar-refractivity contribution in [3.8, 4) is 0 Å². The van der Waals surface area contributed by atoms with Gasteiger partial charge in [0.25, 0.3) is 0 Å². The molecule has 0 bridgehead atoms. The van der Waals surface area contributed by atoms with Gasteiger partial charge in [-0.2, -0.15) is 0 Å². The number of hydrogen-bond acceptors (Lipinski definition) is 9. The summed E-state index contributed by atoms with van der Waals surface area (Å²) in [5.74, 6) is 0. The first-order chi connectivity index (χ1) is 36.6. The van der Waals surface area contributed by atoms with Crippen molar-refractivity contribution in [3.05, 3.63) is 192 Å². The van der Waals surface area contributed by atoms with E-state index in [1.807, 2.05) is 66.7 Å². The molecule has 1 aliphatic heterocycles. The maximum Gasteiger partial charge on any atom is 0.408 e. The Morgan fingerprint density at radius 2 is 1.00 bits per heavy atom. The number of alkyl carbamates (subject to hydrolysis) is 1. The first kappa shape index (κ1) is 49.4. The van der Waals surface area contributed by atoms with Crippen molar-refractivity contribution in [1.82, 2.24) is 5.32 Å². The van der Waals surface area contributed by atoms with Gasteiger partial charge < -0.3 is 44.0 Å². The second-order valence-electron chi connectivity index (χ2n) is 18.2. The Hall–Kier alpha value is -5.17. The van der Waals surface area contributed by atoms with Crippen LogP contribution in [0, 0.1) is 0 Å². The first-order valence-corrected chi connectivity index (χ1v) is 25.7. The van der Waals surface area contributed by atoms with Crippen molar-refractivity contribution in [2.75, 3.05) is 6.61 Å². The van der Waals surface area contributed by atoms with E-state index in [1.54, 1.807) is 91.0 Å². The number of rotatable bonds is 33. The van der Waals surface area contributed by atoms with Crippen molar-refractivity contribution in [2.24, 2.45) is 0 Å². The third-order valence-electron chi connectivity index (χ3n) is 12.6. The largest absolute Gasteiger partial charge is 0.445 e. The minimum Gasteiger partial charge on any atom is -0.445 e. The Labute approximate surface area is 429 Å². The lowest BCUT2D eigenvalue weighted by Gasteiger charge is -2.45. The zero-order valence-electron chi connectivity index (χ0n) is 45.4. The van der Waals surface area contributed by atoms with Crippen LogP contribution in [0.3, 0.4) is 0 Å². The van der Waals surface area contributed by atoms with Gasteiger partial charge in [-0.1, -0.05) is 248 Å². The van der Waals surface area contributed by atoms with Crippen LogP contribution in [0.2, 0.25) is 0 Å². The maximum atomic E-state index is 13.6. The molecule has 1 heterocycles. The van der Waals surface area contributed by atoms with Crippen molar-refractivity contribution >= 4 is 6.09 Å². The van der Waals surface area contributed by atoms with Gasteiger partial charge in [-0.3, -0.25) is 0 Å². The van der Waals surface area contributed by atoms with E-state index in [0.717, 1.165) is 24.8 Å². The molecular formula is C61H79NO9. The number of hydrogen-bond donors (Lipinski definition) is 3. The molecule has 8 unspecified atom stereocenters. The fraction of sp³-hybridized carbons (Fsp3) is 0.459. The average Bonchev–Trinajstić information content (AvgIpc) is 3.45. The Morgan fingerprint density at radius 3 is 1.49 bits per heavy atom. The van der Waals surface area contributed by atoms with Gasteiger partial charge in [0.2, 0.25) is 0 Å². The summed E-state index contributed by atoms with van der Waals surface area (Å²) in [5, 5.41) is 26.3. The summed E-state index contributed by atoms with van der Waals surface area (Å²) >= 11 is 0. The number of carbonyl (C=O) groups is 1. The fourth-order valence-electron chi connectivity index (χ4n) is 8.52. The number of ether oxygens (including phenoxy) is 6. The molecule has 3 N–H and O–H groups in total. The van der Waals surface area contributed by atoms with E-state index in [4.69, 9.17) is 29.8 Å². The van der Waals surface area contributed by atoms with Gasteiger partial charge in [0, 0.05) is 0 Å². The molecule has 71 heavy (non-hydrogen) atoms. The van der Waals surface area contributed by atoms with Crippen LogP contribution in [-0.4, -0.2) is 71.7 Å². The Balaban J connectivity index is 1.31. The van der Waals surface area contributed by atoms with Crippen LogP contribution in [0.15, 0.2) is 164 Å². The molecule has 382 valence electrons. The smallest absolute Gasteiger partial charge is 0.408 e. The number of benzene rings is 5. The van der Waals surface area contributed by atoms with Gasteiger partial charge in [-0.15, -0.1) is 0 Å². The molecule has 12 atom stereocenters. The highest BCUT2D eigenvalue weighted by Crippen LogP contribution is 2.32. The maximum absolute atomic E-state index is 13.6. The molecule has 0 aromatic heterocycles. The second kappa shape index (κ2) is 32.7. The Morgan fingerprint density at radius 1 is 0.577 bits per heavy atom. The van der Waals surface area contributed by atoms with E-state index >= 15 is 0 Å². The average molecular weight is 974 g/mol. The van der Waals surface area contributed by atoms with Crippen molar-refractivity contribution in [2.45, 2.75) is 172 Å². The summed E-state index contributed by atoms with van der Waals surface area (Å²) in [6.07, 6.45) is 7.75. The highest BCUT2D eigenvalue weighted by molar-refractivity contribution is 5.68. The third kappa shape index (κ3) is 20.5. The molecule has 0 spiro atoms. The molecule has 1 amide bonds. The SMILES string of the molecule is [2H]C(OC[C@H]1OC(C=CC(NC(=O)OCc2ccccc2)C(O)C(O)CCCCCCCCCCCCCC)[C@H](OC([2H])c2ccccc2)[C@@H](OC([2H])c2ccccc2)[C@H]1OC([2H])c1ccccc1)c1ccccc1. The number of nitrogens with one attached hydrogen (secondary N) is 1. The zero-order valence-corrected chi connectivity index (χ0v) is 41.4. The number of aliphatic hydroxyl groups is 2. The number of carbonyl (C=O) groups excluding carboxylic acids is 1. The lowest BCUT2D eigenvalue weighted by Crippen LogP contribution is -2.60. The summed E-state index contributed by atoms with van der Waals surface area (Å²) in [7, 11) is 0. The first-order valence-electron chi connectivity index (χ1n) is 28.1. The van der Waals surface area contributed by atoms with E-state index in [0.29, 0.717) is 28.7 Å². The minimum absolute atomic E-state index is 0.0373. The topological polar surface area (TPSA) is 125 Å². The second-order valence-corrected chi connectivity index (χ2v) is 18.2. The molecule has 5 aromatic carbocycles. The zero-order chi connectivity index (χ0) is 53.0. The Bertz CT molecular complexity index is 2310. The van der Waals surface area contributed by atoms with E-state index in [1.165, 1.54) is 57.4 Å². The van der Waals surface area contributed by atoms with E-state index < -0.39 is 81.2 Å². The van der Waals surface area contributed by atoms with Gasteiger partial charge in [-0.05, 0) is 34.2 Å². The molecule has 10 heteroatoms. The van der Waals surface area contributed by atoms with Crippen LogP contribution >= 0.6 is 0 Å². The lowest BCUT2D eigenvalue weighted by atomic mass is 9.92. The number of aliphatic hydroxyl groups excluding tert-OH is 2. The molecule has 6 rings (SSSR count). The quantitative estimate of drug-likeness (QED) is 0.0278. The van der Waals surface area contributed by atoms with Crippen LogP contribution in [0.1, 0.15) is 124 Å². The summed E-state index contributed by atoms with van der Waals surface area (Å²) in [6.45, 7) is -3.07. The minimum atomic E-state index is -1.49. The van der Waals surface area contributed by atoms with Gasteiger partial charge in [0.15, 0.2) is 0 Å². The van der Waals surface area contributed by atoms with Gasteiger partial charge in [0.05, 0.1) is 50.6 Å². The summed E-state index contributed by atoms with van der Waals surface area (Å²) in [4.78, 5) is 13.6. The third-order valence-corrected chi connectivity index (χ3v) is 12.6. The molecular weight excluding hydrogens is 891 g/mol. The molecule has 0 radical (unpaired) electrons. The van der Waals surface area contributed by atoms with Crippen LogP contribution < -0.4 is 5.32 Å². The lowest BCUT2D eigenvalue weighted by molar-refractivity contribution is -0.263. The van der Waals surface area contributed by atoms with E-state index in [2.05, 4.69) is 12.2 Å². The highest BCUT2D eigenvalue weighted by atomic mass is 16.6.